The third-order valence-corrected chi connectivity index (χ3v) is 35.7. The van der Waals surface area contributed by atoms with Gasteiger partial charge in [0.25, 0.3) is 0 Å². The van der Waals surface area contributed by atoms with Crippen molar-refractivity contribution in [2.45, 2.75) is 122 Å². The molecule has 0 saturated heterocycles. The van der Waals surface area contributed by atoms with Crippen LogP contribution in [0, 0.1) is 0 Å². The number of unbranched alkanes of at least 4 members (excludes halogenated alkanes) is 5. The summed E-state index contributed by atoms with van der Waals surface area (Å²) in [5.41, 5.74) is 3.54. The first-order valence-electron chi connectivity index (χ1n) is 36.7. The largest absolute Gasteiger partial charge is 1.00 e. The third kappa shape index (κ3) is 26.6. The molecule has 0 N–H and O–H groups in total. The zero-order valence-corrected chi connectivity index (χ0v) is 78.0. The summed E-state index contributed by atoms with van der Waals surface area (Å²) < 4.78 is 219. The summed E-state index contributed by atoms with van der Waals surface area (Å²) in [4.78, 5) is 44.9. The second kappa shape index (κ2) is 41.1. The predicted molar refractivity (Wildman–Crippen MR) is 414 cm³/mol. The Morgan fingerprint density at radius 3 is 1.01 bits per heavy atom. The van der Waals surface area contributed by atoms with Gasteiger partial charge in [-0.25, -0.2) is 72.0 Å². The second-order valence-electron chi connectivity index (χ2n) is 29.5. The molecule has 596 valence electrons. The number of quaternary nitrogens is 2. The van der Waals surface area contributed by atoms with Crippen LogP contribution in [-0.2, 0) is 77.8 Å². The number of rotatable bonds is 46. The van der Waals surface area contributed by atoms with E-state index in [9.17, 15) is 69.6 Å². The number of aromatic nitrogens is 2. The summed E-state index contributed by atoms with van der Waals surface area (Å²) in [6, 6.07) is 31.5. The molecule has 0 saturated carbocycles. The van der Waals surface area contributed by atoms with Crippen LogP contribution in [0.4, 0.5) is 11.6 Å². The van der Waals surface area contributed by atoms with Crippen molar-refractivity contribution in [1.82, 2.24) is 8.47 Å². The molecule has 42 heteroatoms. The average Bonchev–Trinajstić information content (AvgIpc) is 1.52. The Morgan fingerprint density at radius 1 is 0.384 bits per heavy atom. The topological polar surface area (TPSA) is 433 Å². The quantitative estimate of drug-likeness (QED) is 0.0125. The van der Waals surface area contributed by atoms with Crippen molar-refractivity contribution in [3.05, 3.63) is 130 Å². The monoisotopic (exact) mass is 1720 g/mol. The van der Waals surface area contributed by atoms with E-state index in [1.54, 1.807) is 0 Å². The minimum absolute atomic E-state index is 0. The van der Waals surface area contributed by atoms with Gasteiger partial charge in [-0.1, -0.05) is 97.1 Å². The Hall–Kier alpha value is -3.33. The summed E-state index contributed by atoms with van der Waals surface area (Å²) in [5.74, 6) is -1.49. The van der Waals surface area contributed by atoms with E-state index >= 15 is 0 Å². The first-order chi connectivity index (χ1) is 51.4. The van der Waals surface area contributed by atoms with Gasteiger partial charge < -0.3 is 54.2 Å². The number of aliphatic imine (C=N–C) groups is 4. The Bertz CT molecular complexity index is 4910. The fourth-order valence-corrected chi connectivity index (χ4v) is 30.3. The molecule has 6 aromatic rings. The summed E-state index contributed by atoms with van der Waals surface area (Å²) in [6.45, 7) is 11.4. The number of nitrogens with zero attached hydrogens (tertiary/aromatic N) is 10. The molecule has 0 aliphatic carbocycles. The molecule has 6 heterocycles. The first-order valence-corrected chi connectivity index (χ1v) is 52.5. The number of hydrogen-bond donors (Lipinski definition) is 0. The van der Waals surface area contributed by atoms with Gasteiger partial charge >= 0.3 is 104 Å². The van der Waals surface area contributed by atoms with E-state index in [1.807, 2.05) is 106 Å². The van der Waals surface area contributed by atoms with Crippen molar-refractivity contribution < 1.29 is 190 Å². The number of hydrogen-bond acceptors (Lipinski definition) is 27. The molecule has 31 nitrogen and oxygen atoms in total. The number of carbonyl (C=O) groups is 1. The van der Waals surface area contributed by atoms with E-state index in [-0.39, 0.29) is 214 Å². The van der Waals surface area contributed by atoms with Gasteiger partial charge in [0.1, 0.15) is 29.2 Å². The van der Waals surface area contributed by atoms with Crippen LogP contribution < -0.4 is 99.6 Å². The number of amidine groups is 4. The van der Waals surface area contributed by atoms with E-state index in [4.69, 9.17) is 52.4 Å². The Morgan fingerprint density at radius 2 is 0.679 bits per heavy atom. The van der Waals surface area contributed by atoms with Crippen LogP contribution in [-0.4, -0.2) is 252 Å². The summed E-state index contributed by atoms with van der Waals surface area (Å²) in [5, 5.41) is 2.59. The zero-order chi connectivity index (χ0) is 78.7. The van der Waals surface area contributed by atoms with E-state index < -0.39 is 111 Å². The molecule has 4 aromatic carbocycles. The number of benzene rings is 4. The molecule has 112 heavy (non-hydrogen) atoms. The average molecular weight is 1730 g/mol. The minimum Gasteiger partial charge on any atom is -0.748 e. The van der Waals surface area contributed by atoms with Crippen LogP contribution in [0.15, 0.2) is 127 Å². The van der Waals surface area contributed by atoms with Crippen molar-refractivity contribution >= 4 is 139 Å². The standard InChI is InChI=1S/C70H98N10O21S5Si3.3Na/c1-97-62(81)34-43-98-45-46-99-44-42-80(38-17-22-50-105(91,92)93,39-18-23-51-106(94,95)96)41-25-53-108(4,5)101-109(100-107(2,3)52-24-40-79(35-14-19-47-102(82,83)84,36-15-20-48-103(85,86)87)37-16-21-49-104(88,89)90)77-67-58-30-10-11-31-59(58)69(77)75-65-56-28-8-9-29-57(56)66(72-65)76-70-61-33-13-12-32-60(61)68(78(70)109)74-64-55-27-7-6-26-54(55)63(71-64)73-67;;;/h6-13,26-33H,14-25,34-53H2,1-5H3,(H3-2,82,83,84,85,86,87,88,89,90,91,92,93,94,95,96);;;/q;3*+1/p-3. The molecular weight excluding hydrogens is 1630 g/mol. The third-order valence-electron chi connectivity index (χ3n) is 20.1. The molecule has 10 rings (SSSR count). The first kappa shape index (κ1) is 95.8. The molecule has 6 bridgehead atoms. The summed E-state index contributed by atoms with van der Waals surface area (Å²) >= 11 is 0. The van der Waals surface area contributed by atoms with Gasteiger partial charge in [-0.15, -0.1) is 0 Å². The van der Waals surface area contributed by atoms with Gasteiger partial charge in [0.15, 0.2) is 40.0 Å². The van der Waals surface area contributed by atoms with Crippen LogP contribution in [0.3, 0.4) is 0 Å². The molecule has 1 unspecified atom stereocenters. The van der Waals surface area contributed by atoms with Gasteiger partial charge in [0, 0.05) is 72.6 Å². The normalized spacial score (nSPS) is 15.7. The van der Waals surface area contributed by atoms with Crippen LogP contribution in [0.25, 0.3) is 21.5 Å². The maximum absolute atomic E-state index is 12.1. The number of carbonyl (C=O) groups excluding carboxylic acids is 1. The molecular formula is C70H95N10Na3O21S5Si3. The second-order valence-corrected chi connectivity index (χ2v) is 48.7. The SMILES string of the molecule is COC(=O)CCOCCOCC[N+](CCCCS(=O)(=O)[O-])(CCCCS(=O)(=O)[O-])CCC[Si](C)(C)O[Si]1(O[Si](C)(C)CCC[N+](CCCCS(=O)(=O)[O-])(CCCCS(=O)(=O)[O-])CCCCS(=O)(=O)[O-])n2c3c4ccccc4c2N=C2N=C(N=c4c5ccccc5c(n41)=NC1=NC(=N3)c3ccccc31)c1ccccc12.[Na+].[Na+].[Na+]. The van der Waals surface area contributed by atoms with Crippen LogP contribution in [0.5, 0.6) is 0 Å². The Labute approximate surface area is 725 Å². The van der Waals surface area contributed by atoms with Crippen molar-refractivity contribution in [3.63, 3.8) is 0 Å². The molecule has 4 aliphatic heterocycles. The number of esters is 1. The van der Waals surface area contributed by atoms with E-state index in [1.165, 1.54) is 7.11 Å². The summed E-state index contributed by atoms with van der Waals surface area (Å²) in [6.07, 6.45) is 2.15. The number of fused-ring (bicyclic) bond motifs is 14. The van der Waals surface area contributed by atoms with Crippen molar-refractivity contribution in [3.8, 4) is 0 Å². The molecule has 0 fully saturated rings. The van der Waals surface area contributed by atoms with Gasteiger partial charge in [0.2, 0.25) is 0 Å². The van der Waals surface area contributed by atoms with E-state index in [0.717, 1.165) is 0 Å². The maximum Gasteiger partial charge on any atom is 1.00 e. The van der Waals surface area contributed by atoms with Crippen molar-refractivity contribution in [2.24, 2.45) is 30.0 Å². The molecule has 4 aliphatic rings. The number of methoxy groups -OCH3 is 1. The van der Waals surface area contributed by atoms with E-state index in [0.29, 0.717) is 147 Å². The number of ether oxygens (including phenoxy) is 3. The Balaban J connectivity index is 0.00000580. The summed E-state index contributed by atoms with van der Waals surface area (Å²) in [7, 11) is -33.8. The van der Waals surface area contributed by atoms with Gasteiger partial charge in [-0.2, -0.15) is 0 Å². The maximum atomic E-state index is 12.1. The molecule has 0 radical (unpaired) electrons. The van der Waals surface area contributed by atoms with Gasteiger partial charge in [-0.3, -0.25) is 13.3 Å². The fourth-order valence-electron chi connectivity index (χ4n) is 15.0. The molecule has 0 spiro atoms. The minimum atomic E-state index is -5.00. The van der Waals surface area contributed by atoms with Crippen LogP contribution in [0.1, 0.15) is 106 Å². The predicted octanol–water partition coefficient (Wildman–Crippen LogP) is -2.54. The van der Waals surface area contributed by atoms with Crippen molar-refractivity contribution in [2.75, 3.05) is 115 Å². The smallest absolute Gasteiger partial charge is 0.748 e. The van der Waals surface area contributed by atoms with E-state index in [2.05, 4.69) is 26.2 Å². The van der Waals surface area contributed by atoms with Gasteiger partial charge in [0.05, 0.1) is 136 Å². The van der Waals surface area contributed by atoms with Crippen LogP contribution >= 0.6 is 0 Å². The molecule has 0 amide bonds. The van der Waals surface area contributed by atoms with Crippen molar-refractivity contribution in [1.29, 1.82) is 0 Å². The van der Waals surface area contributed by atoms with Gasteiger partial charge in [-0.05, 0) is 115 Å². The Kier molecular flexibility index (Phi) is 35.2. The molecule has 1 atom stereocenters. The fraction of sp³-hybridized carbons (Fsp3) is 0.529. The van der Waals surface area contributed by atoms with Crippen LogP contribution in [0.2, 0.25) is 38.3 Å². The molecule has 2 aromatic heterocycles. The zero-order valence-electron chi connectivity index (χ0n) is 65.0.